The van der Waals surface area contributed by atoms with Crippen LogP contribution < -0.4 is 5.32 Å². The standard InChI is InChI=1S/C20H23NO3S/c1-12-8-9-13(2)14(10-12)11-17(22)21-19-18(20(23)24-3)15-6-4-5-7-16(15)25-19/h8-10H,4-7,11H2,1-3H3,(H,21,22). The minimum Gasteiger partial charge on any atom is -0.465 e. The van der Waals surface area contributed by atoms with Gasteiger partial charge in [-0.1, -0.05) is 23.8 Å². The van der Waals surface area contributed by atoms with Crippen LogP contribution in [-0.4, -0.2) is 19.0 Å². The highest BCUT2D eigenvalue weighted by atomic mass is 32.1. The van der Waals surface area contributed by atoms with Crippen molar-refractivity contribution in [1.82, 2.24) is 0 Å². The van der Waals surface area contributed by atoms with Crippen molar-refractivity contribution < 1.29 is 14.3 Å². The Morgan fingerprint density at radius 1 is 1.20 bits per heavy atom. The first-order chi connectivity index (χ1) is 12.0. The van der Waals surface area contributed by atoms with E-state index in [-0.39, 0.29) is 11.9 Å². The number of rotatable bonds is 4. The molecule has 0 radical (unpaired) electrons. The Labute approximate surface area is 152 Å². The van der Waals surface area contributed by atoms with E-state index in [9.17, 15) is 9.59 Å². The zero-order valence-electron chi connectivity index (χ0n) is 14.9. The molecule has 0 spiro atoms. The first kappa shape index (κ1) is 17.7. The quantitative estimate of drug-likeness (QED) is 0.834. The molecule has 1 N–H and O–H groups in total. The molecule has 1 aliphatic carbocycles. The second-order valence-corrected chi connectivity index (χ2v) is 7.67. The van der Waals surface area contributed by atoms with E-state index < -0.39 is 0 Å². The summed E-state index contributed by atoms with van der Waals surface area (Å²) in [6, 6.07) is 6.11. The Kier molecular flexibility index (Phi) is 5.23. The number of hydrogen-bond acceptors (Lipinski definition) is 4. The van der Waals surface area contributed by atoms with Crippen molar-refractivity contribution in [2.45, 2.75) is 46.0 Å². The summed E-state index contributed by atoms with van der Waals surface area (Å²) < 4.78 is 4.95. The summed E-state index contributed by atoms with van der Waals surface area (Å²) >= 11 is 1.52. The molecule has 0 atom stereocenters. The fraction of sp³-hybridized carbons (Fsp3) is 0.400. The monoisotopic (exact) mass is 357 g/mol. The molecule has 4 nitrogen and oxygen atoms in total. The molecule has 5 heteroatoms. The van der Waals surface area contributed by atoms with Crippen LogP contribution in [0.3, 0.4) is 0 Å². The lowest BCUT2D eigenvalue weighted by molar-refractivity contribution is -0.115. The Bertz CT molecular complexity index is 823. The third kappa shape index (κ3) is 3.76. The summed E-state index contributed by atoms with van der Waals surface area (Å²) in [4.78, 5) is 26.0. The SMILES string of the molecule is COC(=O)c1c(NC(=O)Cc2cc(C)ccc2C)sc2c1CCCC2. The summed E-state index contributed by atoms with van der Waals surface area (Å²) in [6.07, 6.45) is 4.35. The topological polar surface area (TPSA) is 55.4 Å². The molecule has 0 saturated heterocycles. The van der Waals surface area contributed by atoms with Crippen molar-refractivity contribution in [3.63, 3.8) is 0 Å². The van der Waals surface area contributed by atoms with Gasteiger partial charge in [-0.25, -0.2) is 4.79 Å². The van der Waals surface area contributed by atoms with Gasteiger partial charge in [0.2, 0.25) is 5.91 Å². The van der Waals surface area contributed by atoms with Gasteiger partial charge in [-0.3, -0.25) is 4.79 Å². The molecular weight excluding hydrogens is 334 g/mol. The van der Waals surface area contributed by atoms with Gasteiger partial charge in [0.25, 0.3) is 0 Å². The smallest absolute Gasteiger partial charge is 0.341 e. The van der Waals surface area contributed by atoms with Crippen molar-refractivity contribution in [3.05, 3.63) is 50.9 Å². The molecule has 0 saturated carbocycles. The Hall–Kier alpha value is -2.14. The summed E-state index contributed by atoms with van der Waals surface area (Å²) in [5.74, 6) is -0.459. The van der Waals surface area contributed by atoms with Gasteiger partial charge in [0, 0.05) is 4.88 Å². The number of carbonyl (C=O) groups excluding carboxylic acids is 2. The number of benzene rings is 1. The van der Waals surface area contributed by atoms with E-state index >= 15 is 0 Å². The predicted octanol–water partition coefficient (Wildman–Crippen LogP) is 4.21. The molecule has 1 aromatic heterocycles. The van der Waals surface area contributed by atoms with Crippen molar-refractivity contribution in [1.29, 1.82) is 0 Å². The molecule has 1 aliphatic rings. The number of thiophene rings is 1. The van der Waals surface area contributed by atoms with Crippen LogP contribution in [-0.2, 0) is 28.8 Å². The zero-order valence-corrected chi connectivity index (χ0v) is 15.7. The molecule has 0 fully saturated rings. The maximum Gasteiger partial charge on any atom is 0.341 e. The largest absolute Gasteiger partial charge is 0.465 e. The van der Waals surface area contributed by atoms with E-state index in [0.29, 0.717) is 17.0 Å². The molecule has 3 rings (SSSR count). The van der Waals surface area contributed by atoms with Crippen LogP contribution >= 0.6 is 11.3 Å². The first-order valence-electron chi connectivity index (χ1n) is 8.58. The van der Waals surface area contributed by atoms with Gasteiger partial charge in [0.1, 0.15) is 5.00 Å². The van der Waals surface area contributed by atoms with Crippen LogP contribution in [0.15, 0.2) is 18.2 Å². The number of fused-ring (bicyclic) bond motifs is 1. The van der Waals surface area contributed by atoms with Crippen LogP contribution in [0.2, 0.25) is 0 Å². The number of esters is 1. The normalized spacial score (nSPS) is 13.2. The Morgan fingerprint density at radius 3 is 2.72 bits per heavy atom. The summed E-state index contributed by atoms with van der Waals surface area (Å²) in [5.41, 5.74) is 4.86. The molecule has 132 valence electrons. The zero-order chi connectivity index (χ0) is 18.0. The second-order valence-electron chi connectivity index (χ2n) is 6.56. The lowest BCUT2D eigenvalue weighted by Gasteiger charge is -2.12. The summed E-state index contributed by atoms with van der Waals surface area (Å²) in [6.45, 7) is 4.02. The van der Waals surface area contributed by atoms with Gasteiger partial charge in [0.05, 0.1) is 19.1 Å². The lowest BCUT2D eigenvalue weighted by atomic mass is 9.95. The summed E-state index contributed by atoms with van der Waals surface area (Å²) in [5, 5.41) is 3.59. The van der Waals surface area contributed by atoms with E-state index in [1.54, 1.807) is 0 Å². The van der Waals surface area contributed by atoms with E-state index in [1.807, 2.05) is 32.0 Å². The Balaban J connectivity index is 1.84. The maximum absolute atomic E-state index is 12.6. The van der Waals surface area contributed by atoms with Crippen LogP contribution in [0.1, 0.15) is 50.3 Å². The molecule has 0 aliphatic heterocycles. The van der Waals surface area contributed by atoms with Gasteiger partial charge >= 0.3 is 5.97 Å². The van der Waals surface area contributed by atoms with Gasteiger partial charge in [-0.05, 0) is 56.2 Å². The van der Waals surface area contributed by atoms with Crippen molar-refractivity contribution in [2.75, 3.05) is 12.4 Å². The predicted molar refractivity (Wildman–Crippen MR) is 101 cm³/mol. The van der Waals surface area contributed by atoms with Gasteiger partial charge in [-0.15, -0.1) is 11.3 Å². The molecule has 0 unspecified atom stereocenters. The number of nitrogens with one attached hydrogen (secondary N) is 1. The van der Waals surface area contributed by atoms with Crippen LogP contribution in [0.5, 0.6) is 0 Å². The Morgan fingerprint density at radius 2 is 1.96 bits per heavy atom. The average molecular weight is 357 g/mol. The van der Waals surface area contributed by atoms with Crippen LogP contribution in [0.4, 0.5) is 5.00 Å². The average Bonchev–Trinajstić information content (AvgIpc) is 2.95. The van der Waals surface area contributed by atoms with E-state index in [0.717, 1.165) is 47.9 Å². The minimum absolute atomic E-state index is 0.0996. The van der Waals surface area contributed by atoms with Crippen molar-refractivity contribution in [2.24, 2.45) is 0 Å². The number of amides is 1. The number of carbonyl (C=O) groups is 2. The number of aryl methyl sites for hydroxylation is 3. The van der Waals surface area contributed by atoms with E-state index in [2.05, 4.69) is 5.32 Å². The summed E-state index contributed by atoms with van der Waals surface area (Å²) in [7, 11) is 1.39. The van der Waals surface area contributed by atoms with Gasteiger partial charge in [0.15, 0.2) is 0 Å². The van der Waals surface area contributed by atoms with Gasteiger partial charge < -0.3 is 10.1 Å². The number of methoxy groups -OCH3 is 1. The van der Waals surface area contributed by atoms with Crippen molar-refractivity contribution in [3.8, 4) is 0 Å². The number of hydrogen-bond donors (Lipinski definition) is 1. The maximum atomic E-state index is 12.6. The highest BCUT2D eigenvalue weighted by Gasteiger charge is 2.26. The molecule has 25 heavy (non-hydrogen) atoms. The molecule has 0 bridgehead atoms. The fourth-order valence-electron chi connectivity index (χ4n) is 3.31. The molecule has 1 heterocycles. The van der Waals surface area contributed by atoms with E-state index in [4.69, 9.17) is 4.74 Å². The molecular formula is C20H23NO3S. The third-order valence-electron chi connectivity index (χ3n) is 4.67. The van der Waals surface area contributed by atoms with Crippen LogP contribution in [0, 0.1) is 13.8 Å². The fourth-order valence-corrected chi connectivity index (χ4v) is 4.60. The number of anilines is 1. The van der Waals surface area contributed by atoms with Gasteiger partial charge in [-0.2, -0.15) is 0 Å². The van der Waals surface area contributed by atoms with Crippen molar-refractivity contribution >= 4 is 28.2 Å². The molecule has 2 aromatic rings. The highest BCUT2D eigenvalue weighted by molar-refractivity contribution is 7.17. The van der Waals surface area contributed by atoms with E-state index in [1.165, 1.54) is 23.3 Å². The van der Waals surface area contributed by atoms with Crippen LogP contribution in [0.25, 0.3) is 0 Å². The molecule has 1 amide bonds. The second kappa shape index (κ2) is 7.40. The number of ether oxygens (including phenoxy) is 1. The third-order valence-corrected chi connectivity index (χ3v) is 5.88. The minimum atomic E-state index is -0.360. The first-order valence-corrected chi connectivity index (χ1v) is 9.40. The molecule has 1 aromatic carbocycles. The lowest BCUT2D eigenvalue weighted by Crippen LogP contribution is -2.17. The highest BCUT2D eigenvalue weighted by Crippen LogP contribution is 2.38.